The smallest absolute Gasteiger partial charge is 0.0944 e. The average Bonchev–Trinajstić information content (AvgIpc) is 2.77. The third-order valence-corrected chi connectivity index (χ3v) is 4.37. The zero-order valence-corrected chi connectivity index (χ0v) is 10.5. The fraction of sp³-hybridized carbons (Fsp3) is 0.727. The zero-order valence-electron chi connectivity index (χ0n) is 9.65. The van der Waals surface area contributed by atoms with Crippen LogP contribution >= 0.6 is 11.8 Å². The van der Waals surface area contributed by atoms with E-state index in [1.165, 1.54) is 16.5 Å². The van der Waals surface area contributed by atoms with E-state index in [0.29, 0.717) is 6.04 Å². The first-order chi connectivity index (χ1) is 7.83. The Morgan fingerprint density at radius 2 is 2.38 bits per heavy atom. The highest BCUT2D eigenvalue weighted by Gasteiger charge is 2.21. The maximum Gasteiger partial charge on any atom is 0.0944 e. The molecule has 1 atom stereocenters. The highest BCUT2D eigenvalue weighted by atomic mass is 32.2. The molecule has 1 saturated heterocycles. The van der Waals surface area contributed by atoms with Gasteiger partial charge in [0.05, 0.1) is 23.3 Å². The Morgan fingerprint density at radius 3 is 3.25 bits per heavy atom. The molecule has 0 bridgehead atoms. The lowest BCUT2D eigenvalue weighted by atomic mass is 10.1. The fourth-order valence-electron chi connectivity index (χ4n) is 2.35. The first-order valence-electron chi connectivity index (χ1n) is 5.95. The van der Waals surface area contributed by atoms with Crippen molar-refractivity contribution in [3.8, 4) is 0 Å². The summed E-state index contributed by atoms with van der Waals surface area (Å²) in [4.78, 5) is 2.38. The summed E-state index contributed by atoms with van der Waals surface area (Å²) >= 11 is 1.92. The van der Waals surface area contributed by atoms with Gasteiger partial charge in [0.2, 0.25) is 0 Å². The van der Waals surface area contributed by atoms with Crippen LogP contribution in [0.5, 0.6) is 0 Å². The maximum absolute atomic E-state index is 4.70. The van der Waals surface area contributed by atoms with Gasteiger partial charge in [-0.15, -0.1) is 11.8 Å². The molecule has 1 fully saturated rings. The van der Waals surface area contributed by atoms with Crippen LogP contribution < -0.4 is 5.32 Å². The monoisotopic (exact) mass is 238 g/mol. The van der Waals surface area contributed by atoms with Gasteiger partial charge < -0.3 is 10.2 Å². The van der Waals surface area contributed by atoms with Crippen molar-refractivity contribution in [1.29, 1.82) is 0 Å². The Kier molecular flexibility index (Phi) is 2.91. The molecule has 3 heterocycles. The van der Waals surface area contributed by atoms with Crippen molar-refractivity contribution < 1.29 is 0 Å². The van der Waals surface area contributed by atoms with Gasteiger partial charge in [-0.25, -0.2) is 0 Å². The summed E-state index contributed by atoms with van der Waals surface area (Å²) in [7, 11) is 2.19. The normalized spacial score (nSPS) is 26.7. The largest absolute Gasteiger partial charge is 0.307 e. The van der Waals surface area contributed by atoms with E-state index in [9.17, 15) is 0 Å². The SMILES string of the molecule is CN1CCNC(c2cc3n(n2)CCS3)CC1. The molecule has 1 unspecified atom stereocenters. The molecular weight excluding hydrogens is 220 g/mol. The van der Waals surface area contributed by atoms with Gasteiger partial charge in [0, 0.05) is 18.8 Å². The molecule has 0 amide bonds. The second-order valence-corrected chi connectivity index (χ2v) is 5.69. The van der Waals surface area contributed by atoms with Crippen molar-refractivity contribution in [2.75, 3.05) is 32.4 Å². The van der Waals surface area contributed by atoms with Crippen molar-refractivity contribution in [2.24, 2.45) is 0 Å². The van der Waals surface area contributed by atoms with E-state index in [1.54, 1.807) is 0 Å². The minimum absolute atomic E-state index is 0.448. The minimum Gasteiger partial charge on any atom is -0.307 e. The molecule has 5 heteroatoms. The summed E-state index contributed by atoms with van der Waals surface area (Å²) in [5.41, 5.74) is 1.23. The lowest BCUT2D eigenvalue weighted by molar-refractivity contribution is 0.355. The molecule has 0 saturated carbocycles. The van der Waals surface area contributed by atoms with Crippen molar-refractivity contribution >= 4 is 11.8 Å². The molecule has 0 aliphatic carbocycles. The molecule has 3 rings (SSSR count). The summed E-state index contributed by atoms with van der Waals surface area (Å²) in [5.74, 6) is 1.18. The van der Waals surface area contributed by atoms with Gasteiger partial charge in [-0.3, -0.25) is 4.68 Å². The van der Waals surface area contributed by atoms with Crippen molar-refractivity contribution in [2.45, 2.75) is 24.0 Å². The van der Waals surface area contributed by atoms with Gasteiger partial charge in [-0.1, -0.05) is 0 Å². The van der Waals surface area contributed by atoms with E-state index in [2.05, 4.69) is 28.0 Å². The Balaban J connectivity index is 1.75. The number of thioether (sulfide) groups is 1. The Bertz CT molecular complexity index is 355. The van der Waals surface area contributed by atoms with Crippen LogP contribution in [-0.4, -0.2) is 47.1 Å². The molecule has 0 spiro atoms. The predicted molar refractivity (Wildman–Crippen MR) is 65.8 cm³/mol. The molecule has 1 aromatic rings. The lowest BCUT2D eigenvalue weighted by Gasteiger charge is -2.13. The third kappa shape index (κ3) is 1.99. The van der Waals surface area contributed by atoms with Crippen LogP contribution in [0, 0.1) is 0 Å². The molecule has 2 aliphatic rings. The summed E-state index contributed by atoms with van der Waals surface area (Å²) in [5, 5.41) is 9.63. The molecule has 0 aromatic carbocycles. The number of nitrogens with zero attached hydrogens (tertiary/aromatic N) is 3. The third-order valence-electron chi connectivity index (χ3n) is 3.36. The molecule has 1 N–H and O–H groups in total. The van der Waals surface area contributed by atoms with E-state index in [4.69, 9.17) is 5.10 Å². The van der Waals surface area contributed by atoms with Gasteiger partial charge >= 0.3 is 0 Å². The van der Waals surface area contributed by atoms with E-state index < -0.39 is 0 Å². The second-order valence-electron chi connectivity index (χ2n) is 4.58. The minimum atomic E-state index is 0.448. The van der Waals surface area contributed by atoms with E-state index in [1.807, 2.05) is 11.8 Å². The topological polar surface area (TPSA) is 33.1 Å². The highest BCUT2D eigenvalue weighted by molar-refractivity contribution is 7.99. The van der Waals surface area contributed by atoms with Crippen LogP contribution in [0.4, 0.5) is 0 Å². The number of fused-ring (bicyclic) bond motifs is 1. The van der Waals surface area contributed by atoms with E-state index >= 15 is 0 Å². The van der Waals surface area contributed by atoms with Crippen LogP contribution in [0.15, 0.2) is 11.1 Å². The molecule has 4 nitrogen and oxygen atoms in total. The molecule has 0 radical (unpaired) electrons. The standard InChI is InChI=1S/C11H18N4S/c1-14-4-2-9(12-3-5-14)10-8-11-15(13-10)6-7-16-11/h8-9,12H,2-7H2,1H3. The molecular formula is C11H18N4S. The summed E-state index contributed by atoms with van der Waals surface area (Å²) in [6.07, 6.45) is 1.16. The highest BCUT2D eigenvalue weighted by Crippen LogP contribution is 2.29. The van der Waals surface area contributed by atoms with Crippen molar-refractivity contribution in [1.82, 2.24) is 20.0 Å². The van der Waals surface area contributed by atoms with Gasteiger partial charge in [0.1, 0.15) is 0 Å². The lowest BCUT2D eigenvalue weighted by Crippen LogP contribution is -2.25. The summed E-state index contributed by atoms with van der Waals surface area (Å²) in [6, 6.07) is 2.71. The first-order valence-corrected chi connectivity index (χ1v) is 6.94. The first kappa shape index (κ1) is 10.6. The second kappa shape index (κ2) is 4.39. The number of nitrogens with one attached hydrogen (secondary N) is 1. The van der Waals surface area contributed by atoms with Crippen LogP contribution in [0.1, 0.15) is 18.2 Å². The fourth-order valence-corrected chi connectivity index (χ4v) is 3.31. The number of aryl methyl sites for hydroxylation is 1. The summed E-state index contributed by atoms with van der Waals surface area (Å²) < 4.78 is 2.15. The average molecular weight is 238 g/mol. The Labute approximate surface area is 100 Å². The van der Waals surface area contributed by atoms with Gasteiger partial charge in [-0.05, 0) is 26.1 Å². The molecule has 1 aromatic heterocycles. The number of likely N-dealkylation sites (N-methyl/N-ethyl adjacent to an activating group) is 1. The number of hydrogen-bond donors (Lipinski definition) is 1. The van der Waals surface area contributed by atoms with Crippen LogP contribution in [0.2, 0.25) is 0 Å². The molecule has 2 aliphatic heterocycles. The van der Waals surface area contributed by atoms with Crippen LogP contribution in [-0.2, 0) is 6.54 Å². The number of hydrogen-bond acceptors (Lipinski definition) is 4. The van der Waals surface area contributed by atoms with Crippen molar-refractivity contribution in [3.63, 3.8) is 0 Å². The zero-order chi connectivity index (χ0) is 11.0. The molecule has 88 valence electrons. The number of aromatic nitrogens is 2. The molecule has 16 heavy (non-hydrogen) atoms. The maximum atomic E-state index is 4.70. The van der Waals surface area contributed by atoms with Gasteiger partial charge in [0.25, 0.3) is 0 Å². The van der Waals surface area contributed by atoms with E-state index in [0.717, 1.165) is 32.6 Å². The Hall–Kier alpha value is -0.520. The van der Waals surface area contributed by atoms with Crippen LogP contribution in [0.3, 0.4) is 0 Å². The van der Waals surface area contributed by atoms with Gasteiger partial charge in [-0.2, -0.15) is 5.10 Å². The quantitative estimate of drug-likeness (QED) is 0.790. The van der Waals surface area contributed by atoms with Crippen LogP contribution in [0.25, 0.3) is 0 Å². The Morgan fingerprint density at radius 1 is 1.44 bits per heavy atom. The predicted octanol–water partition coefficient (Wildman–Crippen LogP) is 0.955. The summed E-state index contributed by atoms with van der Waals surface area (Å²) in [6.45, 7) is 4.44. The van der Waals surface area contributed by atoms with E-state index in [-0.39, 0.29) is 0 Å². The van der Waals surface area contributed by atoms with Gasteiger partial charge in [0.15, 0.2) is 0 Å². The van der Waals surface area contributed by atoms with Crippen molar-refractivity contribution in [3.05, 3.63) is 11.8 Å². The number of rotatable bonds is 1.